The van der Waals surface area contributed by atoms with E-state index < -0.39 is 0 Å². The molecule has 3 heteroatoms. The van der Waals surface area contributed by atoms with Gasteiger partial charge in [-0.25, -0.2) is 4.79 Å². The standard InChI is InChI=1S/C16H20O3/c1-5-15(12(2)6-11-16(17)19-4)13-7-9-14(18-3)10-8-13/h5-12,15H,1H2,2-4H3. The highest BCUT2D eigenvalue weighted by Crippen LogP contribution is 2.28. The van der Waals surface area contributed by atoms with E-state index in [0.717, 1.165) is 11.3 Å². The molecule has 1 aromatic carbocycles. The zero-order chi connectivity index (χ0) is 14.3. The van der Waals surface area contributed by atoms with Crippen LogP contribution in [0.3, 0.4) is 0 Å². The smallest absolute Gasteiger partial charge is 0.330 e. The number of hydrogen-bond donors (Lipinski definition) is 0. The molecule has 0 aliphatic heterocycles. The summed E-state index contributed by atoms with van der Waals surface area (Å²) in [5.74, 6) is 0.783. The molecule has 0 N–H and O–H groups in total. The van der Waals surface area contributed by atoms with E-state index in [0.29, 0.717) is 0 Å². The summed E-state index contributed by atoms with van der Waals surface area (Å²) >= 11 is 0. The first-order valence-electron chi connectivity index (χ1n) is 6.15. The highest BCUT2D eigenvalue weighted by Gasteiger charge is 2.14. The quantitative estimate of drug-likeness (QED) is 0.447. The van der Waals surface area contributed by atoms with Gasteiger partial charge in [0.05, 0.1) is 14.2 Å². The number of esters is 1. The number of rotatable bonds is 6. The molecule has 0 radical (unpaired) electrons. The molecule has 2 unspecified atom stereocenters. The van der Waals surface area contributed by atoms with E-state index in [9.17, 15) is 4.79 Å². The van der Waals surface area contributed by atoms with E-state index in [1.807, 2.05) is 43.3 Å². The van der Waals surface area contributed by atoms with Gasteiger partial charge in [0.25, 0.3) is 0 Å². The van der Waals surface area contributed by atoms with Crippen molar-refractivity contribution in [3.63, 3.8) is 0 Å². The fourth-order valence-electron chi connectivity index (χ4n) is 1.90. The van der Waals surface area contributed by atoms with Crippen molar-refractivity contribution in [1.82, 2.24) is 0 Å². The predicted molar refractivity (Wildman–Crippen MR) is 76.3 cm³/mol. The van der Waals surface area contributed by atoms with Crippen LogP contribution in [0.25, 0.3) is 0 Å². The Morgan fingerprint density at radius 2 is 1.89 bits per heavy atom. The molecule has 0 aliphatic carbocycles. The Kier molecular flexibility index (Phi) is 5.86. The fourth-order valence-corrected chi connectivity index (χ4v) is 1.90. The molecule has 19 heavy (non-hydrogen) atoms. The van der Waals surface area contributed by atoms with Gasteiger partial charge < -0.3 is 9.47 Å². The first-order chi connectivity index (χ1) is 9.12. The Bertz CT molecular complexity index is 446. The fraction of sp³-hybridized carbons (Fsp3) is 0.312. The molecule has 1 aromatic rings. The minimum absolute atomic E-state index is 0.145. The SMILES string of the molecule is C=CC(c1ccc(OC)cc1)C(C)C=CC(=O)OC. The second-order valence-corrected chi connectivity index (χ2v) is 4.28. The molecule has 0 bridgehead atoms. The van der Waals surface area contributed by atoms with Gasteiger partial charge in [-0.05, 0) is 23.6 Å². The van der Waals surface area contributed by atoms with Crippen LogP contribution in [0, 0.1) is 5.92 Å². The minimum atomic E-state index is -0.343. The van der Waals surface area contributed by atoms with E-state index >= 15 is 0 Å². The van der Waals surface area contributed by atoms with Gasteiger partial charge in [-0.15, -0.1) is 6.58 Å². The molecule has 0 aromatic heterocycles. The molecule has 0 saturated carbocycles. The van der Waals surface area contributed by atoms with Gasteiger partial charge in [0.2, 0.25) is 0 Å². The summed E-state index contributed by atoms with van der Waals surface area (Å²) in [6.07, 6.45) is 5.17. The summed E-state index contributed by atoms with van der Waals surface area (Å²) in [4.78, 5) is 11.1. The predicted octanol–water partition coefficient (Wildman–Crippen LogP) is 3.33. The topological polar surface area (TPSA) is 35.5 Å². The zero-order valence-electron chi connectivity index (χ0n) is 11.6. The summed E-state index contributed by atoms with van der Waals surface area (Å²) in [6, 6.07) is 7.85. The van der Waals surface area contributed by atoms with Crippen LogP contribution in [-0.4, -0.2) is 20.2 Å². The van der Waals surface area contributed by atoms with Crippen LogP contribution in [0.4, 0.5) is 0 Å². The summed E-state index contributed by atoms with van der Waals surface area (Å²) in [5, 5.41) is 0. The Morgan fingerprint density at radius 3 is 2.37 bits per heavy atom. The van der Waals surface area contributed by atoms with Crippen molar-refractivity contribution in [2.24, 2.45) is 5.92 Å². The third kappa shape index (κ3) is 4.28. The summed E-state index contributed by atoms with van der Waals surface area (Å²) < 4.78 is 9.72. The molecular formula is C16H20O3. The molecule has 0 aliphatic rings. The van der Waals surface area contributed by atoms with Crippen LogP contribution >= 0.6 is 0 Å². The minimum Gasteiger partial charge on any atom is -0.497 e. The zero-order valence-corrected chi connectivity index (χ0v) is 11.6. The van der Waals surface area contributed by atoms with Crippen LogP contribution in [-0.2, 0) is 9.53 Å². The van der Waals surface area contributed by atoms with Gasteiger partial charge in [0.1, 0.15) is 5.75 Å². The van der Waals surface area contributed by atoms with Crippen molar-refractivity contribution in [2.75, 3.05) is 14.2 Å². The van der Waals surface area contributed by atoms with Crippen molar-refractivity contribution >= 4 is 5.97 Å². The van der Waals surface area contributed by atoms with E-state index in [4.69, 9.17) is 4.74 Å². The largest absolute Gasteiger partial charge is 0.497 e. The third-order valence-corrected chi connectivity index (χ3v) is 3.06. The number of carbonyl (C=O) groups is 1. The van der Waals surface area contributed by atoms with E-state index in [1.165, 1.54) is 13.2 Å². The maximum absolute atomic E-state index is 11.1. The summed E-state index contributed by atoms with van der Waals surface area (Å²) in [6.45, 7) is 5.90. The average molecular weight is 260 g/mol. The van der Waals surface area contributed by atoms with Crippen LogP contribution in [0.5, 0.6) is 5.75 Å². The monoisotopic (exact) mass is 260 g/mol. The van der Waals surface area contributed by atoms with Gasteiger partial charge in [-0.2, -0.15) is 0 Å². The number of ether oxygens (including phenoxy) is 2. The molecule has 0 heterocycles. The number of benzene rings is 1. The highest BCUT2D eigenvalue weighted by atomic mass is 16.5. The summed E-state index contributed by atoms with van der Waals surface area (Å²) in [5.41, 5.74) is 1.14. The molecule has 0 spiro atoms. The van der Waals surface area contributed by atoms with Crippen LogP contribution in [0.2, 0.25) is 0 Å². The van der Waals surface area contributed by atoms with Crippen LogP contribution in [0.15, 0.2) is 49.1 Å². The summed E-state index contributed by atoms with van der Waals surface area (Å²) in [7, 11) is 3.01. The van der Waals surface area contributed by atoms with Crippen LogP contribution in [0.1, 0.15) is 18.4 Å². The average Bonchev–Trinajstić information content (AvgIpc) is 2.46. The molecule has 1 rings (SSSR count). The number of methoxy groups -OCH3 is 2. The molecule has 0 amide bonds. The molecule has 102 valence electrons. The van der Waals surface area contributed by atoms with Crippen molar-refractivity contribution in [2.45, 2.75) is 12.8 Å². The lowest BCUT2D eigenvalue weighted by atomic mass is 9.87. The van der Waals surface area contributed by atoms with E-state index in [-0.39, 0.29) is 17.8 Å². The number of carbonyl (C=O) groups excluding carboxylic acids is 1. The third-order valence-electron chi connectivity index (χ3n) is 3.06. The Hall–Kier alpha value is -2.03. The first-order valence-corrected chi connectivity index (χ1v) is 6.15. The Balaban J connectivity index is 2.83. The number of allylic oxidation sites excluding steroid dienone is 2. The van der Waals surface area contributed by atoms with E-state index in [2.05, 4.69) is 11.3 Å². The molecular weight excluding hydrogens is 240 g/mol. The molecule has 3 nitrogen and oxygen atoms in total. The van der Waals surface area contributed by atoms with Crippen molar-refractivity contribution in [3.8, 4) is 5.75 Å². The first kappa shape index (κ1) is 15.0. The van der Waals surface area contributed by atoms with Gasteiger partial charge >= 0.3 is 5.97 Å². The van der Waals surface area contributed by atoms with Gasteiger partial charge in [-0.1, -0.05) is 31.2 Å². The lowest BCUT2D eigenvalue weighted by molar-refractivity contribution is -0.134. The lowest BCUT2D eigenvalue weighted by Gasteiger charge is -2.18. The van der Waals surface area contributed by atoms with Gasteiger partial charge in [0, 0.05) is 12.0 Å². The van der Waals surface area contributed by atoms with E-state index in [1.54, 1.807) is 7.11 Å². The second kappa shape index (κ2) is 7.41. The number of hydrogen-bond acceptors (Lipinski definition) is 3. The molecule has 2 atom stereocenters. The molecule has 0 fully saturated rings. The Morgan fingerprint density at radius 1 is 1.26 bits per heavy atom. The molecule has 0 saturated heterocycles. The normalized spacial score (nSPS) is 13.8. The lowest BCUT2D eigenvalue weighted by Crippen LogP contribution is -2.06. The van der Waals surface area contributed by atoms with Gasteiger partial charge in [0.15, 0.2) is 0 Å². The maximum atomic E-state index is 11.1. The van der Waals surface area contributed by atoms with Crippen molar-refractivity contribution < 1.29 is 14.3 Å². The Labute approximate surface area is 114 Å². The van der Waals surface area contributed by atoms with Crippen LogP contribution < -0.4 is 4.74 Å². The van der Waals surface area contributed by atoms with Gasteiger partial charge in [-0.3, -0.25) is 0 Å². The second-order valence-electron chi connectivity index (χ2n) is 4.28. The highest BCUT2D eigenvalue weighted by molar-refractivity contribution is 5.81. The van der Waals surface area contributed by atoms with Crippen molar-refractivity contribution in [1.29, 1.82) is 0 Å². The van der Waals surface area contributed by atoms with Crippen molar-refractivity contribution in [3.05, 3.63) is 54.6 Å². The maximum Gasteiger partial charge on any atom is 0.330 e.